The quantitative estimate of drug-likeness (QED) is 0.884. The van der Waals surface area contributed by atoms with Gasteiger partial charge in [0.25, 0.3) is 0 Å². The minimum atomic E-state index is -0.186. The first-order chi connectivity index (χ1) is 9.20. The summed E-state index contributed by atoms with van der Waals surface area (Å²) >= 11 is 0. The van der Waals surface area contributed by atoms with Gasteiger partial charge in [-0.15, -0.1) is 0 Å². The Labute approximate surface area is 115 Å². The average Bonchev–Trinajstić information content (AvgIpc) is 2.43. The van der Waals surface area contributed by atoms with E-state index in [2.05, 4.69) is 11.9 Å². The van der Waals surface area contributed by atoms with Crippen LogP contribution >= 0.6 is 0 Å². The van der Waals surface area contributed by atoms with Gasteiger partial charge in [0.2, 0.25) is 0 Å². The molecule has 0 spiro atoms. The average molecular weight is 264 g/mol. The summed E-state index contributed by atoms with van der Waals surface area (Å²) in [6.45, 7) is 1.67. The molecule has 1 atom stereocenters. The SMILES string of the molecule is CN(CC1CCCCC1)C(CN)c1ccc(F)cc1. The lowest BCUT2D eigenvalue weighted by molar-refractivity contribution is 0.185. The fourth-order valence-corrected chi connectivity index (χ4v) is 3.16. The predicted molar refractivity (Wildman–Crippen MR) is 77.4 cm³/mol. The summed E-state index contributed by atoms with van der Waals surface area (Å²) in [4.78, 5) is 2.34. The van der Waals surface area contributed by atoms with E-state index in [1.807, 2.05) is 12.1 Å². The molecule has 1 aliphatic carbocycles. The number of nitrogens with two attached hydrogens (primary N) is 1. The number of benzene rings is 1. The third kappa shape index (κ3) is 4.02. The van der Waals surface area contributed by atoms with Gasteiger partial charge in [-0.3, -0.25) is 4.90 Å². The highest BCUT2D eigenvalue weighted by atomic mass is 19.1. The standard InChI is InChI=1S/C16H25FN2/c1-19(12-13-5-3-2-4-6-13)16(11-18)14-7-9-15(17)10-8-14/h7-10,13,16H,2-6,11-12,18H2,1H3. The van der Waals surface area contributed by atoms with Gasteiger partial charge in [-0.25, -0.2) is 4.39 Å². The molecule has 1 unspecified atom stereocenters. The Morgan fingerprint density at radius 2 is 1.84 bits per heavy atom. The number of nitrogens with zero attached hydrogens (tertiary/aromatic N) is 1. The fourth-order valence-electron chi connectivity index (χ4n) is 3.16. The van der Waals surface area contributed by atoms with Crippen LogP contribution in [0.25, 0.3) is 0 Å². The lowest BCUT2D eigenvalue weighted by Crippen LogP contribution is -2.34. The molecule has 3 heteroatoms. The van der Waals surface area contributed by atoms with Gasteiger partial charge in [-0.05, 0) is 43.5 Å². The van der Waals surface area contributed by atoms with Crippen LogP contribution in [0.4, 0.5) is 4.39 Å². The van der Waals surface area contributed by atoms with Crippen molar-refractivity contribution in [2.75, 3.05) is 20.1 Å². The number of rotatable bonds is 5. The summed E-state index contributed by atoms with van der Waals surface area (Å²) in [7, 11) is 2.13. The Hall–Kier alpha value is -0.930. The molecule has 1 fully saturated rings. The van der Waals surface area contributed by atoms with E-state index in [0.29, 0.717) is 6.54 Å². The Morgan fingerprint density at radius 3 is 2.42 bits per heavy atom. The zero-order chi connectivity index (χ0) is 13.7. The van der Waals surface area contributed by atoms with Gasteiger partial charge in [0.1, 0.15) is 5.82 Å². The third-order valence-corrected chi connectivity index (χ3v) is 4.28. The normalized spacial score (nSPS) is 18.7. The molecule has 19 heavy (non-hydrogen) atoms. The molecule has 1 saturated carbocycles. The fraction of sp³-hybridized carbons (Fsp3) is 0.625. The van der Waals surface area contributed by atoms with Crippen molar-refractivity contribution in [3.63, 3.8) is 0 Å². The predicted octanol–water partition coefficient (Wildman–Crippen LogP) is 3.34. The molecule has 0 aliphatic heterocycles. The summed E-state index contributed by atoms with van der Waals surface area (Å²) in [6.07, 6.45) is 6.79. The molecule has 0 aromatic heterocycles. The van der Waals surface area contributed by atoms with Crippen molar-refractivity contribution in [3.05, 3.63) is 35.6 Å². The molecule has 1 aromatic rings. The molecular weight excluding hydrogens is 239 g/mol. The van der Waals surface area contributed by atoms with E-state index in [9.17, 15) is 4.39 Å². The second-order valence-corrected chi connectivity index (χ2v) is 5.75. The zero-order valence-corrected chi connectivity index (χ0v) is 11.8. The molecular formula is C16H25FN2. The van der Waals surface area contributed by atoms with Crippen LogP contribution in [0.2, 0.25) is 0 Å². The summed E-state index contributed by atoms with van der Waals surface area (Å²) in [6, 6.07) is 6.94. The van der Waals surface area contributed by atoms with Crippen molar-refractivity contribution in [2.24, 2.45) is 11.7 Å². The topological polar surface area (TPSA) is 29.3 Å². The number of halogens is 1. The molecule has 2 nitrogen and oxygen atoms in total. The highest BCUT2D eigenvalue weighted by Gasteiger charge is 2.20. The van der Waals surface area contributed by atoms with Gasteiger partial charge in [-0.2, -0.15) is 0 Å². The van der Waals surface area contributed by atoms with E-state index < -0.39 is 0 Å². The van der Waals surface area contributed by atoms with Gasteiger partial charge in [0.05, 0.1) is 0 Å². The molecule has 106 valence electrons. The van der Waals surface area contributed by atoms with Gasteiger partial charge in [0, 0.05) is 19.1 Å². The second-order valence-electron chi connectivity index (χ2n) is 5.75. The molecule has 2 rings (SSSR count). The molecule has 0 amide bonds. The lowest BCUT2D eigenvalue weighted by atomic mass is 9.88. The van der Waals surface area contributed by atoms with Gasteiger partial charge < -0.3 is 5.73 Å². The summed E-state index contributed by atoms with van der Waals surface area (Å²) in [5.41, 5.74) is 7.03. The summed E-state index contributed by atoms with van der Waals surface area (Å²) < 4.78 is 13.0. The maximum Gasteiger partial charge on any atom is 0.123 e. The van der Waals surface area contributed by atoms with Crippen molar-refractivity contribution < 1.29 is 4.39 Å². The van der Waals surface area contributed by atoms with E-state index in [1.165, 1.54) is 44.2 Å². The lowest BCUT2D eigenvalue weighted by Gasteiger charge is -2.32. The Bertz CT molecular complexity index is 371. The largest absolute Gasteiger partial charge is 0.329 e. The van der Waals surface area contributed by atoms with E-state index in [1.54, 1.807) is 0 Å². The van der Waals surface area contributed by atoms with Crippen LogP contribution in [-0.4, -0.2) is 25.0 Å². The summed E-state index contributed by atoms with van der Waals surface area (Å²) in [5.74, 6) is 0.614. The van der Waals surface area contributed by atoms with Crippen LogP contribution in [0.5, 0.6) is 0 Å². The van der Waals surface area contributed by atoms with Crippen molar-refractivity contribution in [1.29, 1.82) is 0 Å². The maximum atomic E-state index is 13.0. The van der Waals surface area contributed by atoms with E-state index in [0.717, 1.165) is 18.0 Å². The van der Waals surface area contributed by atoms with Crippen LogP contribution in [0.3, 0.4) is 0 Å². The van der Waals surface area contributed by atoms with Crippen molar-refractivity contribution in [3.8, 4) is 0 Å². The minimum Gasteiger partial charge on any atom is -0.329 e. The number of hydrogen-bond donors (Lipinski definition) is 1. The third-order valence-electron chi connectivity index (χ3n) is 4.28. The Morgan fingerprint density at radius 1 is 1.21 bits per heavy atom. The zero-order valence-electron chi connectivity index (χ0n) is 11.8. The summed E-state index contributed by atoms with van der Waals surface area (Å²) in [5, 5.41) is 0. The van der Waals surface area contributed by atoms with Crippen molar-refractivity contribution >= 4 is 0 Å². The highest BCUT2D eigenvalue weighted by Crippen LogP contribution is 2.27. The second kappa shape index (κ2) is 7.01. The van der Waals surface area contributed by atoms with Crippen LogP contribution < -0.4 is 5.73 Å². The van der Waals surface area contributed by atoms with Crippen molar-refractivity contribution in [2.45, 2.75) is 38.1 Å². The first-order valence-corrected chi connectivity index (χ1v) is 7.36. The Balaban J connectivity index is 1.97. The van der Waals surface area contributed by atoms with Gasteiger partial charge in [0.15, 0.2) is 0 Å². The molecule has 0 saturated heterocycles. The first-order valence-electron chi connectivity index (χ1n) is 7.36. The maximum absolute atomic E-state index is 13.0. The monoisotopic (exact) mass is 264 g/mol. The van der Waals surface area contributed by atoms with E-state index >= 15 is 0 Å². The van der Waals surface area contributed by atoms with Crippen LogP contribution in [0.15, 0.2) is 24.3 Å². The number of likely N-dealkylation sites (N-methyl/N-ethyl adjacent to an activating group) is 1. The molecule has 1 aliphatic rings. The van der Waals surface area contributed by atoms with Gasteiger partial charge >= 0.3 is 0 Å². The molecule has 1 aromatic carbocycles. The van der Waals surface area contributed by atoms with Crippen LogP contribution in [-0.2, 0) is 0 Å². The minimum absolute atomic E-state index is 0.186. The molecule has 0 bridgehead atoms. The molecule has 0 heterocycles. The number of hydrogen-bond acceptors (Lipinski definition) is 2. The van der Waals surface area contributed by atoms with Crippen molar-refractivity contribution in [1.82, 2.24) is 4.90 Å². The highest BCUT2D eigenvalue weighted by molar-refractivity contribution is 5.20. The van der Waals surface area contributed by atoms with Gasteiger partial charge in [-0.1, -0.05) is 31.4 Å². The van der Waals surface area contributed by atoms with Crippen LogP contribution in [0.1, 0.15) is 43.7 Å². The first kappa shape index (κ1) is 14.5. The Kier molecular flexibility index (Phi) is 5.34. The molecule has 0 radical (unpaired) electrons. The van der Waals surface area contributed by atoms with E-state index in [4.69, 9.17) is 5.73 Å². The smallest absolute Gasteiger partial charge is 0.123 e. The van der Waals surface area contributed by atoms with E-state index in [-0.39, 0.29) is 11.9 Å². The molecule has 2 N–H and O–H groups in total. The van der Waals surface area contributed by atoms with Crippen LogP contribution in [0, 0.1) is 11.7 Å².